The molecule has 1 fully saturated rings. The zero-order valence-corrected chi connectivity index (χ0v) is 14.4. The van der Waals surface area contributed by atoms with Crippen LogP contribution in [0.2, 0.25) is 0 Å². The van der Waals surface area contributed by atoms with Crippen molar-refractivity contribution in [2.24, 2.45) is 0 Å². The predicted molar refractivity (Wildman–Crippen MR) is 89.1 cm³/mol. The van der Waals surface area contributed by atoms with Crippen molar-refractivity contribution in [2.75, 3.05) is 7.11 Å². The summed E-state index contributed by atoms with van der Waals surface area (Å²) in [5, 5.41) is 21.9. The van der Waals surface area contributed by atoms with E-state index in [1.54, 1.807) is 0 Å². The topological polar surface area (TPSA) is 109 Å². The molecule has 0 radical (unpaired) electrons. The van der Waals surface area contributed by atoms with Crippen LogP contribution in [-0.4, -0.2) is 35.7 Å². The molecule has 0 saturated heterocycles. The first kappa shape index (κ1) is 18.6. The second-order valence-electron chi connectivity index (χ2n) is 6.17. The lowest BCUT2D eigenvalue weighted by atomic mass is 9.83. The lowest BCUT2D eigenvalue weighted by molar-refractivity contribution is -0.130. The van der Waals surface area contributed by atoms with Gasteiger partial charge in [-0.05, 0) is 38.0 Å². The second kappa shape index (κ2) is 7.88. The summed E-state index contributed by atoms with van der Waals surface area (Å²) in [4.78, 5) is 24.5. The number of aromatic hydroxyl groups is 1. The van der Waals surface area contributed by atoms with Crippen LogP contribution in [0.5, 0.6) is 11.5 Å². The van der Waals surface area contributed by atoms with E-state index >= 15 is 0 Å². The Balaban J connectivity index is 2.03. The van der Waals surface area contributed by atoms with Crippen molar-refractivity contribution in [2.45, 2.75) is 50.7 Å². The number of carbonyl (C=O) groups excluding carboxylic acids is 2. The fraction of sp³-hybridized carbons (Fsp3) is 0.500. The van der Waals surface area contributed by atoms with Crippen molar-refractivity contribution in [3.63, 3.8) is 0 Å². The number of rotatable bonds is 5. The number of carbonyl (C=O) groups is 2. The number of methoxy groups -OCH3 is 1. The molecular formula is C18H22N2O5. The number of benzene rings is 1. The van der Waals surface area contributed by atoms with E-state index in [9.17, 15) is 20.0 Å². The third-order valence-electron chi connectivity index (χ3n) is 4.36. The molecule has 1 unspecified atom stereocenters. The quantitative estimate of drug-likeness (QED) is 0.792. The Morgan fingerprint density at radius 2 is 2.00 bits per heavy atom. The Morgan fingerprint density at radius 3 is 2.60 bits per heavy atom. The molecule has 7 nitrogen and oxygen atoms in total. The average molecular weight is 346 g/mol. The zero-order chi connectivity index (χ0) is 18.4. The van der Waals surface area contributed by atoms with Gasteiger partial charge < -0.3 is 19.9 Å². The molecule has 2 N–H and O–H groups in total. The van der Waals surface area contributed by atoms with Crippen molar-refractivity contribution < 1.29 is 24.2 Å². The van der Waals surface area contributed by atoms with Crippen LogP contribution in [0.25, 0.3) is 0 Å². The van der Waals surface area contributed by atoms with Gasteiger partial charge in [-0.3, -0.25) is 4.79 Å². The van der Waals surface area contributed by atoms with Gasteiger partial charge in [-0.2, -0.15) is 5.26 Å². The summed E-state index contributed by atoms with van der Waals surface area (Å²) < 4.78 is 10.1. The molecule has 1 saturated carbocycles. The molecular weight excluding hydrogens is 324 g/mol. The Labute approximate surface area is 146 Å². The SMILES string of the molecule is COc1ccc(O)c(C(=O)OC(C)C(=O)NC2(C#N)CCCCC2)c1. The van der Waals surface area contributed by atoms with Gasteiger partial charge in [0.2, 0.25) is 0 Å². The third kappa shape index (κ3) is 4.41. The van der Waals surface area contributed by atoms with Crippen LogP contribution in [0.15, 0.2) is 18.2 Å². The molecule has 0 bridgehead atoms. The lowest BCUT2D eigenvalue weighted by Gasteiger charge is -2.32. The number of amides is 1. The van der Waals surface area contributed by atoms with Crippen molar-refractivity contribution in [3.05, 3.63) is 23.8 Å². The first-order valence-electron chi connectivity index (χ1n) is 8.22. The van der Waals surface area contributed by atoms with E-state index in [2.05, 4.69) is 11.4 Å². The van der Waals surface area contributed by atoms with E-state index in [-0.39, 0.29) is 11.3 Å². The maximum Gasteiger partial charge on any atom is 0.342 e. The standard InChI is InChI=1S/C18H22N2O5/c1-12(16(22)20-18(11-19)8-4-3-5-9-18)25-17(23)14-10-13(24-2)6-7-15(14)21/h6-7,10,12,21H,3-5,8-9H2,1-2H3,(H,20,22). The summed E-state index contributed by atoms with van der Waals surface area (Å²) in [5.74, 6) is -1.25. The summed E-state index contributed by atoms with van der Waals surface area (Å²) in [7, 11) is 1.43. The van der Waals surface area contributed by atoms with Gasteiger partial charge in [0.25, 0.3) is 5.91 Å². The van der Waals surface area contributed by atoms with E-state index in [0.29, 0.717) is 18.6 Å². The number of nitriles is 1. The van der Waals surface area contributed by atoms with Crippen LogP contribution in [0.4, 0.5) is 0 Å². The number of phenolic OH excluding ortho intramolecular Hbond substituents is 1. The van der Waals surface area contributed by atoms with Gasteiger partial charge in [-0.15, -0.1) is 0 Å². The fourth-order valence-corrected chi connectivity index (χ4v) is 2.84. The van der Waals surface area contributed by atoms with Crippen LogP contribution in [0.3, 0.4) is 0 Å². The molecule has 0 spiro atoms. The molecule has 25 heavy (non-hydrogen) atoms. The Morgan fingerprint density at radius 1 is 1.32 bits per heavy atom. The van der Waals surface area contributed by atoms with Crippen LogP contribution >= 0.6 is 0 Å². The van der Waals surface area contributed by atoms with E-state index in [1.807, 2.05) is 0 Å². The summed E-state index contributed by atoms with van der Waals surface area (Å²) >= 11 is 0. The van der Waals surface area contributed by atoms with Gasteiger partial charge in [0.1, 0.15) is 22.6 Å². The van der Waals surface area contributed by atoms with Gasteiger partial charge in [0.05, 0.1) is 13.2 Å². The van der Waals surface area contributed by atoms with E-state index in [0.717, 1.165) is 19.3 Å². The average Bonchev–Trinajstić information content (AvgIpc) is 2.62. The predicted octanol–water partition coefficient (Wildman–Crippen LogP) is 2.29. The van der Waals surface area contributed by atoms with Gasteiger partial charge in [0.15, 0.2) is 6.10 Å². The van der Waals surface area contributed by atoms with Crippen molar-refractivity contribution in [1.29, 1.82) is 5.26 Å². The Kier molecular flexibility index (Phi) is 5.86. The van der Waals surface area contributed by atoms with Crippen molar-refractivity contribution >= 4 is 11.9 Å². The summed E-state index contributed by atoms with van der Waals surface area (Å²) in [6, 6.07) is 6.33. The molecule has 1 aliphatic carbocycles. The molecule has 0 heterocycles. The summed E-state index contributed by atoms with van der Waals surface area (Å²) in [6.45, 7) is 1.43. The Bertz CT molecular complexity index is 689. The largest absolute Gasteiger partial charge is 0.507 e. The van der Waals surface area contributed by atoms with Crippen molar-refractivity contribution in [1.82, 2.24) is 5.32 Å². The Hall–Kier alpha value is -2.75. The van der Waals surface area contributed by atoms with Gasteiger partial charge >= 0.3 is 5.97 Å². The highest BCUT2D eigenvalue weighted by molar-refractivity contribution is 5.95. The highest BCUT2D eigenvalue weighted by Gasteiger charge is 2.35. The van der Waals surface area contributed by atoms with Gasteiger partial charge in [0, 0.05) is 0 Å². The monoisotopic (exact) mass is 346 g/mol. The fourth-order valence-electron chi connectivity index (χ4n) is 2.84. The van der Waals surface area contributed by atoms with Crippen LogP contribution in [0.1, 0.15) is 49.4 Å². The highest BCUT2D eigenvalue weighted by atomic mass is 16.5. The normalized spacial score (nSPS) is 17.0. The number of nitrogens with zero attached hydrogens (tertiary/aromatic N) is 1. The summed E-state index contributed by atoms with van der Waals surface area (Å²) in [6.07, 6.45) is 2.88. The van der Waals surface area contributed by atoms with E-state index in [1.165, 1.54) is 32.2 Å². The molecule has 1 aromatic rings. The number of hydrogen-bond acceptors (Lipinski definition) is 6. The minimum absolute atomic E-state index is 0.0911. The maximum absolute atomic E-state index is 12.3. The highest BCUT2D eigenvalue weighted by Crippen LogP contribution is 2.28. The molecule has 1 aromatic carbocycles. The number of nitrogens with one attached hydrogen (secondary N) is 1. The van der Waals surface area contributed by atoms with Crippen LogP contribution in [-0.2, 0) is 9.53 Å². The smallest absolute Gasteiger partial charge is 0.342 e. The first-order chi connectivity index (χ1) is 11.9. The first-order valence-corrected chi connectivity index (χ1v) is 8.22. The van der Waals surface area contributed by atoms with Gasteiger partial charge in [-0.25, -0.2) is 4.79 Å². The molecule has 0 aliphatic heterocycles. The molecule has 1 atom stereocenters. The van der Waals surface area contributed by atoms with Gasteiger partial charge in [-0.1, -0.05) is 19.3 Å². The lowest BCUT2D eigenvalue weighted by Crippen LogP contribution is -2.52. The van der Waals surface area contributed by atoms with E-state index < -0.39 is 23.5 Å². The molecule has 0 aromatic heterocycles. The molecule has 1 amide bonds. The van der Waals surface area contributed by atoms with Crippen LogP contribution < -0.4 is 10.1 Å². The number of ether oxygens (including phenoxy) is 2. The summed E-state index contributed by atoms with van der Waals surface area (Å²) in [5.41, 5.74) is -0.986. The minimum Gasteiger partial charge on any atom is -0.507 e. The zero-order valence-electron chi connectivity index (χ0n) is 14.4. The third-order valence-corrected chi connectivity index (χ3v) is 4.36. The minimum atomic E-state index is -1.09. The van der Waals surface area contributed by atoms with Crippen LogP contribution in [0, 0.1) is 11.3 Å². The van der Waals surface area contributed by atoms with Crippen molar-refractivity contribution in [3.8, 4) is 17.6 Å². The number of esters is 1. The number of phenols is 1. The molecule has 2 rings (SSSR count). The molecule has 134 valence electrons. The molecule has 1 aliphatic rings. The number of hydrogen-bond donors (Lipinski definition) is 2. The maximum atomic E-state index is 12.3. The van der Waals surface area contributed by atoms with E-state index in [4.69, 9.17) is 9.47 Å². The molecule has 7 heteroatoms. The second-order valence-corrected chi connectivity index (χ2v) is 6.17.